The maximum atomic E-state index is 12.5. The Morgan fingerprint density at radius 3 is 2.19 bits per heavy atom. The molecule has 0 unspecified atom stereocenters. The molecule has 2 aromatic carbocycles. The van der Waals surface area contributed by atoms with E-state index < -0.39 is 0 Å². The van der Waals surface area contributed by atoms with Crippen LogP contribution in [0.2, 0.25) is 0 Å². The fourth-order valence-corrected chi connectivity index (χ4v) is 2.69. The highest BCUT2D eigenvalue weighted by atomic mass is 35.5. The minimum atomic E-state index is -0.0122. The summed E-state index contributed by atoms with van der Waals surface area (Å²) in [4.78, 5) is 26.4. The Morgan fingerprint density at radius 2 is 1.58 bits per heavy atom. The number of hydrogen-bond donors (Lipinski definition) is 1. The number of halogens is 1. The first-order valence-corrected chi connectivity index (χ1v) is 8.72. The van der Waals surface area contributed by atoms with Gasteiger partial charge >= 0.3 is 0 Å². The molecule has 0 radical (unpaired) electrons. The molecule has 26 heavy (non-hydrogen) atoms. The van der Waals surface area contributed by atoms with Gasteiger partial charge in [-0.25, -0.2) is 0 Å². The van der Waals surface area contributed by atoms with E-state index in [-0.39, 0.29) is 36.9 Å². The molecule has 0 spiro atoms. The van der Waals surface area contributed by atoms with Crippen molar-refractivity contribution in [2.24, 2.45) is 5.73 Å². The summed E-state index contributed by atoms with van der Waals surface area (Å²) in [6, 6.07) is 17.5. The van der Waals surface area contributed by atoms with Gasteiger partial charge in [-0.3, -0.25) is 9.59 Å². The van der Waals surface area contributed by atoms with Crippen molar-refractivity contribution in [2.45, 2.75) is 26.2 Å². The molecule has 0 fully saturated rings. The minimum absolute atomic E-state index is 0. The number of aryl methyl sites for hydroxylation is 1. The van der Waals surface area contributed by atoms with Crippen LogP contribution in [0.5, 0.6) is 0 Å². The number of nitrogens with zero attached hydrogens (tertiary/aromatic N) is 1. The lowest BCUT2D eigenvalue weighted by Crippen LogP contribution is -2.37. The first-order valence-electron chi connectivity index (χ1n) is 8.72. The van der Waals surface area contributed by atoms with Crippen LogP contribution in [0.1, 0.15) is 34.3 Å². The van der Waals surface area contributed by atoms with Crippen molar-refractivity contribution in [1.82, 2.24) is 4.90 Å². The molecule has 0 saturated carbocycles. The van der Waals surface area contributed by atoms with Crippen LogP contribution in [-0.2, 0) is 11.2 Å². The number of benzene rings is 2. The monoisotopic (exact) mass is 374 g/mol. The number of nitrogens with two attached hydrogens (primary N) is 1. The molecule has 0 aliphatic heterocycles. The van der Waals surface area contributed by atoms with Crippen molar-refractivity contribution >= 4 is 24.1 Å². The second kappa shape index (κ2) is 11.4. The molecule has 2 rings (SSSR count). The molecule has 0 bridgehead atoms. The van der Waals surface area contributed by atoms with E-state index in [2.05, 4.69) is 0 Å². The maximum absolute atomic E-state index is 12.5. The number of amides is 1. The van der Waals surface area contributed by atoms with Crippen LogP contribution >= 0.6 is 12.4 Å². The van der Waals surface area contributed by atoms with Gasteiger partial charge in [-0.05, 0) is 18.9 Å². The third-order valence-corrected chi connectivity index (χ3v) is 4.20. The first kappa shape index (κ1) is 21.9. The summed E-state index contributed by atoms with van der Waals surface area (Å²) in [6.07, 6.45) is 1.24. The lowest BCUT2D eigenvalue weighted by Gasteiger charge is -2.22. The van der Waals surface area contributed by atoms with E-state index >= 15 is 0 Å². The van der Waals surface area contributed by atoms with Gasteiger partial charge in [-0.1, -0.05) is 60.2 Å². The largest absolute Gasteiger partial charge is 0.341 e. The molecule has 0 aliphatic rings. The second-order valence-electron chi connectivity index (χ2n) is 6.19. The molecule has 0 aromatic heterocycles. The topological polar surface area (TPSA) is 63.4 Å². The van der Waals surface area contributed by atoms with Gasteiger partial charge in [-0.2, -0.15) is 0 Å². The number of carbonyl (C=O) groups excluding carboxylic acids is 2. The third kappa shape index (κ3) is 6.98. The number of ketones is 1. The van der Waals surface area contributed by atoms with Crippen molar-refractivity contribution in [3.05, 3.63) is 71.3 Å². The van der Waals surface area contributed by atoms with E-state index in [0.29, 0.717) is 25.2 Å². The number of hydrogen-bond acceptors (Lipinski definition) is 3. The van der Waals surface area contributed by atoms with Gasteiger partial charge in [0.15, 0.2) is 5.78 Å². The lowest BCUT2D eigenvalue weighted by molar-refractivity contribution is -0.131. The van der Waals surface area contributed by atoms with E-state index in [1.165, 1.54) is 5.56 Å². The number of carbonyl (C=O) groups is 2. The normalized spacial score (nSPS) is 10.1. The molecule has 140 valence electrons. The standard InChI is InChI=1S/C21H26N2O2.ClH/c1-17-7-9-19(10-8-17)20(24)11-12-21(25)23(16-14-22)15-13-18-5-3-2-4-6-18;/h2-10H,11-16,22H2,1H3;1H. The highest BCUT2D eigenvalue weighted by molar-refractivity contribution is 5.97. The van der Waals surface area contributed by atoms with E-state index in [4.69, 9.17) is 5.73 Å². The maximum Gasteiger partial charge on any atom is 0.223 e. The second-order valence-corrected chi connectivity index (χ2v) is 6.19. The minimum Gasteiger partial charge on any atom is -0.341 e. The molecule has 0 aliphatic carbocycles. The van der Waals surface area contributed by atoms with E-state index in [9.17, 15) is 9.59 Å². The number of Topliss-reactive ketones (excluding diaryl/α,β-unsaturated/α-hetero) is 1. The Morgan fingerprint density at radius 1 is 0.923 bits per heavy atom. The summed E-state index contributed by atoms with van der Waals surface area (Å²) in [5, 5.41) is 0. The van der Waals surface area contributed by atoms with Crippen LogP contribution in [0.15, 0.2) is 54.6 Å². The van der Waals surface area contributed by atoms with Gasteiger partial charge in [0.1, 0.15) is 0 Å². The van der Waals surface area contributed by atoms with Gasteiger partial charge in [0, 0.05) is 38.0 Å². The summed E-state index contributed by atoms with van der Waals surface area (Å²) in [5.41, 5.74) is 8.60. The van der Waals surface area contributed by atoms with Crippen molar-refractivity contribution in [3.63, 3.8) is 0 Å². The SMILES string of the molecule is Cc1ccc(C(=O)CCC(=O)N(CCN)CCc2ccccc2)cc1.Cl. The highest BCUT2D eigenvalue weighted by Crippen LogP contribution is 2.09. The summed E-state index contributed by atoms with van der Waals surface area (Å²) >= 11 is 0. The molecular formula is C21H27ClN2O2. The van der Waals surface area contributed by atoms with Gasteiger partial charge < -0.3 is 10.6 Å². The molecule has 4 nitrogen and oxygen atoms in total. The zero-order chi connectivity index (χ0) is 18.1. The molecule has 1 amide bonds. The Kier molecular flexibility index (Phi) is 9.63. The van der Waals surface area contributed by atoms with Gasteiger partial charge in [-0.15, -0.1) is 12.4 Å². The van der Waals surface area contributed by atoms with Crippen LogP contribution < -0.4 is 5.73 Å². The van der Waals surface area contributed by atoms with Crippen LogP contribution in [-0.4, -0.2) is 36.2 Å². The Bertz CT molecular complexity index is 687. The van der Waals surface area contributed by atoms with Gasteiger partial charge in [0.05, 0.1) is 0 Å². The van der Waals surface area contributed by atoms with Gasteiger partial charge in [0.2, 0.25) is 5.91 Å². The van der Waals surface area contributed by atoms with Gasteiger partial charge in [0.25, 0.3) is 0 Å². The highest BCUT2D eigenvalue weighted by Gasteiger charge is 2.15. The average Bonchev–Trinajstić information content (AvgIpc) is 2.64. The van der Waals surface area contributed by atoms with Crippen LogP contribution in [0.4, 0.5) is 0 Å². The Hall–Kier alpha value is -2.17. The van der Waals surface area contributed by atoms with E-state index in [1.807, 2.05) is 61.5 Å². The zero-order valence-corrected chi connectivity index (χ0v) is 16.0. The molecule has 0 heterocycles. The quantitative estimate of drug-likeness (QED) is 0.684. The van der Waals surface area contributed by atoms with Crippen molar-refractivity contribution in [3.8, 4) is 0 Å². The Labute approximate surface area is 161 Å². The summed E-state index contributed by atoms with van der Waals surface area (Å²) in [5.74, 6) is -0.00838. The average molecular weight is 375 g/mol. The smallest absolute Gasteiger partial charge is 0.223 e. The van der Waals surface area contributed by atoms with Crippen molar-refractivity contribution in [2.75, 3.05) is 19.6 Å². The van der Waals surface area contributed by atoms with Crippen molar-refractivity contribution < 1.29 is 9.59 Å². The molecule has 5 heteroatoms. The van der Waals surface area contributed by atoms with Crippen molar-refractivity contribution in [1.29, 1.82) is 0 Å². The molecule has 2 aromatic rings. The van der Waals surface area contributed by atoms with E-state index in [1.54, 1.807) is 4.90 Å². The van der Waals surface area contributed by atoms with Crippen LogP contribution in [0.3, 0.4) is 0 Å². The molecule has 0 saturated heterocycles. The lowest BCUT2D eigenvalue weighted by atomic mass is 10.0. The third-order valence-electron chi connectivity index (χ3n) is 4.20. The summed E-state index contributed by atoms with van der Waals surface area (Å²) in [6.45, 7) is 3.55. The number of rotatable bonds is 9. The fourth-order valence-electron chi connectivity index (χ4n) is 2.69. The van der Waals surface area contributed by atoms with Crippen LogP contribution in [0.25, 0.3) is 0 Å². The summed E-state index contributed by atoms with van der Waals surface area (Å²) in [7, 11) is 0. The van der Waals surface area contributed by atoms with Crippen LogP contribution in [0, 0.1) is 6.92 Å². The molecular weight excluding hydrogens is 348 g/mol. The zero-order valence-electron chi connectivity index (χ0n) is 15.2. The predicted molar refractivity (Wildman–Crippen MR) is 108 cm³/mol. The first-order chi connectivity index (χ1) is 12.1. The predicted octanol–water partition coefficient (Wildman–Crippen LogP) is 3.41. The summed E-state index contributed by atoms with van der Waals surface area (Å²) < 4.78 is 0. The molecule has 0 atom stereocenters. The molecule has 2 N–H and O–H groups in total. The Balaban J connectivity index is 0.00000338. The van der Waals surface area contributed by atoms with E-state index in [0.717, 1.165) is 12.0 Å². The fraction of sp³-hybridized carbons (Fsp3) is 0.333.